The Morgan fingerprint density at radius 2 is 2.12 bits per heavy atom. The van der Waals surface area contributed by atoms with E-state index in [9.17, 15) is 0 Å². The van der Waals surface area contributed by atoms with Gasteiger partial charge in [0.15, 0.2) is 0 Å². The van der Waals surface area contributed by atoms with Crippen molar-refractivity contribution in [3.63, 3.8) is 0 Å². The summed E-state index contributed by atoms with van der Waals surface area (Å²) in [6.07, 6.45) is 1.16. The van der Waals surface area contributed by atoms with Gasteiger partial charge in [0.1, 0.15) is 0 Å². The van der Waals surface area contributed by atoms with Crippen molar-refractivity contribution in [2.24, 2.45) is 0 Å². The van der Waals surface area contributed by atoms with Crippen molar-refractivity contribution in [1.82, 2.24) is 5.32 Å². The maximum Gasteiger partial charge on any atom is 0.0545 e. The minimum Gasteiger partial charge on any atom is -0.313 e. The van der Waals surface area contributed by atoms with E-state index in [1.807, 2.05) is 23.9 Å². The van der Waals surface area contributed by atoms with Gasteiger partial charge in [0.2, 0.25) is 0 Å². The molecule has 1 rings (SSSR count). The summed E-state index contributed by atoms with van der Waals surface area (Å²) in [6, 6.07) is 6.14. The largest absolute Gasteiger partial charge is 0.313 e. The zero-order valence-electron chi connectivity index (χ0n) is 10.2. The van der Waals surface area contributed by atoms with Crippen molar-refractivity contribution >= 4 is 23.4 Å². The van der Waals surface area contributed by atoms with Crippen LogP contribution in [0.5, 0.6) is 0 Å². The van der Waals surface area contributed by atoms with Crippen LogP contribution in [-0.4, -0.2) is 11.8 Å². The number of benzene rings is 1. The maximum atomic E-state index is 6.24. The Balaban J connectivity index is 2.76. The molecule has 90 valence electrons. The number of nitrogens with one attached hydrogen (secondary N) is 1. The third-order valence-corrected chi connectivity index (χ3v) is 3.76. The molecule has 1 nitrogen and oxygen atoms in total. The Labute approximate surface area is 108 Å². The highest BCUT2D eigenvalue weighted by atomic mass is 35.5. The van der Waals surface area contributed by atoms with Crippen molar-refractivity contribution < 1.29 is 0 Å². The Morgan fingerprint density at radius 3 is 2.75 bits per heavy atom. The van der Waals surface area contributed by atoms with Crippen LogP contribution in [0.15, 0.2) is 23.1 Å². The molecule has 0 aromatic heterocycles. The van der Waals surface area contributed by atoms with Gasteiger partial charge in [-0.15, -0.1) is 11.8 Å². The van der Waals surface area contributed by atoms with Gasteiger partial charge in [-0.3, -0.25) is 0 Å². The van der Waals surface area contributed by atoms with Crippen LogP contribution in [0, 0.1) is 0 Å². The molecule has 0 bridgehead atoms. The molecule has 0 radical (unpaired) electrons. The summed E-state index contributed by atoms with van der Waals surface area (Å²) in [4.78, 5) is 1.22. The highest BCUT2D eigenvalue weighted by molar-refractivity contribution is 8.00. The van der Waals surface area contributed by atoms with Crippen LogP contribution < -0.4 is 5.32 Å². The first kappa shape index (κ1) is 13.9. The van der Waals surface area contributed by atoms with Crippen LogP contribution in [0.2, 0.25) is 5.02 Å². The first-order chi connectivity index (χ1) is 7.65. The topological polar surface area (TPSA) is 12.0 Å². The van der Waals surface area contributed by atoms with Gasteiger partial charge < -0.3 is 5.32 Å². The van der Waals surface area contributed by atoms with Crippen molar-refractivity contribution in [2.45, 2.75) is 43.9 Å². The summed E-state index contributed by atoms with van der Waals surface area (Å²) in [6.45, 7) is 8.52. The van der Waals surface area contributed by atoms with Gasteiger partial charge in [-0.1, -0.05) is 44.5 Å². The molecule has 3 heteroatoms. The van der Waals surface area contributed by atoms with Crippen molar-refractivity contribution in [1.29, 1.82) is 0 Å². The second-order valence-electron chi connectivity index (χ2n) is 4.07. The average molecular weight is 258 g/mol. The molecule has 16 heavy (non-hydrogen) atoms. The third kappa shape index (κ3) is 4.36. The highest BCUT2D eigenvalue weighted by Crippen LogP contribution is 2.33. The van der Waals surface area contributed by atoms with Crippen molar-refractivity contribution in [3.8, 4) is 0 Å². The molecule has 1 aromatic carbocycles. The molecular formula is C13H20ClNS. The molecule has 0 aliphatic heterocycles. The normalized spacial score (nSPS) is 11.1. The minimum atomic E-state index is 0.560. The lowest BCUT2D eigenvalue weighted by Gasteiger charge is -2.13. The monoisotopic (exact) mass is 257 g/mol. The van der Waals surface area contributed by atoms with E-state index in [1.54, 1.807) is 0 Å². The van der Waals surface area contributed by atoms with Gasteiger partial charge in [0.05, 0.1) is 5.02 Å². The molecule has 0 saturated heterocycles. The second-order valence-corrected chi connectivity index (χ2v) is 6.07. The second kappa shape index (κ2) is 7.21. The molecule has 0 aliphatic carbocycles. The number of rotatable bonds is 6. The Kier molecular flexibility index (Phi) is 6.25. The zero-order chi connectivity index (χ0) is 12.0. The summed E-state index contributed by atoms with van der Waals surface area (Å²) >= 11 is 8.08. The number of hydrogen-bond donors (Lipinski definition) is 1. The van der Waals surface area contributed by atoms with Gasteiger partial charge in [-0.2, -0.15) is 0 Å². The van der Waals surface area contributed by atoms with E-state index in [4.69, 9.17) is 11.6 Å². The Morgan fingerprint density at radius 1 is 1.38 bits per heavy atom. The van der Waals surface area contributed by atoms with Crippen molar-refractivity contribution in [2.75, 3.05) is 6.54 Å². The molecule has 0 amide bonds. The van der Waals surface area contributed by atoms with Gasteiger partial charge in [0, 0.05) is 16.7 Å². The van der Waals surface area contributed by atoms with E-state index < -0.39 is 0 Å². The summed E-state index contributed by atoms with van der Waals surface area (Å²) < 4.78 is 0. The first-order valence-corrected chi connectivity index (χ1v) is 7.05. The SMILES string of the molecule is CCCNCc1cccc(Cl)c1SC(C)C. The fourth-order valence-corrected chi connectivity index (χ4v) is 2.73. The van der Waals surface area contributed by atoms with E-state index >= 15 is 0 Å². The van der Waals surface area contributed by atoms with E-state index in [-0.39, 0.29) is 0 Å². The lowest BCUT2D eigenvalue weighted by Crippen LogP contribution is -2.14. The van der Waals surface area contributed by atoms with Crippen LogP contribution >= 0.6 is 23.4 Å². The summed E-state index contributed by atoms with van der Waals surface area (Å²) in [5, 5.41) is 4.85. The molecular weight excluding hydrogens is 238 g/mol. The molecule has 0 aliphatic rings. The van der Waals surface area contributed by atoms with Gasteiger partial charge in [-0.05, 0) is 24.6 Å². The van der Waals surface area contributed by atoms with Crippen LogP contribution in [-0.2, 0) is 6.54 Å². The lowest BCUT2D eigenvalue weighted by atomic mass is 10.2. The maximum absolute atomic E-state index is 6.24. The lowest BCUT2D eigenvalue weighted by molar-refractivity contribution is 0.669. The van der Waals surface area contributed by atoms with E-state index in [1.165, 1.54) is 10.5 Å². The molecule has 1 N–H and O–H groups in total. The third-order valence-electron chi connectivity index (χ3n) is 2.14. The predicted molar refractivity (Wildman–Crippen MR) is 74.4 cm³/mol. The van der Waals surface area contributed by atoms with Gasteiger partial charge in [-0.25, -0.2) is 0 Å². The fourth-order valence-electron chi connectivity index (χ4n) is 1.46. The van der Waals surface area contributed by atoms with Crippen LogP contribution in [0.4, 0.5) is 0 Å². The average Bonchev–Trinajstić information content (AvgIpc) is 2.23. The Bertz CT molecular complexity index is 326. The van der Waals surface area contributed by atoms with E-state index in [2.05, 4.69) is 32.2 Å². The molecule has 0 saturated carbocycles. The molecule has 0 unspecified atom stereocenters. The van der Waals surface area contributed by atoms with Gasteiger partial charge >= 0.3 is 0 Å². The molecule has 0 spiro atoms. The smallest absolute Gasteiger partial charge is 0.0545 e. The standard InChI is InChI=1S/C13H20ClNS/c1-4-8-15-9-11-6-5-7-12(14)13(11)16-10(2)3/h5-7,10,15H,4,8-9H2,1-3H3. The fraction of sp³-hybridized carbons (Fsp3) is 0.538. The Hall–Kier alpha value is -0.180. The van der Waals surface area contributed by atoms with E-state index in [0.717, 1.165) is 24.5 Å². The highest BCUT2D eigenvalue weighted by Gasteiger charge is 2.08. The molecule has 0 fully saturated rings. The number of halogens is 1. The molecule has 1 aromatic rings. The minimum absolute atomic E-state index is 0.560. The summed E-state index contributed by atoms with van der Waals surface area (Å²) in [5.41, 5.74) is 1.31. The molecule has 0 heterocycles. The summed E-state index contributed by atoms with van der Waals surface area (Å²) in [7, 11) is 0. The quantitative estimate of drug-likeness (QED) is 0.601. The van der Waals surface area contributed by atoms with Crippen LogP contribution in [0.1, 0.15) is 32.8 Å². The van der Waals surface area contributed by atoms with Gasteiger partial charge in [0.25, 0.3) is 0 Å². The zero-order valence-corrected chi connectivity index (χ0v) is 11.8. The van der Waals surface area contributed by atoms with Crippen molar-refractivity contribution in [3.05, 3.63) is 28.8 Å². The molecule has 0 atom stereocenters. The summed E-state index contributed by atoms with van der Waals surface area (Å²) in [5.74, 6) is 0. The first-order valence-electron chi connectivity index (χ1n) is 5.80. The van der Waals surface area contributed by atoms with E-state index in [0.29, 0.717) is 5.25 Å². The van der Waals surface area contributed by atoms with Crippen LogP contribution in [0.3, 0.4) is 0 Å². The van der Waals surface area contributed by atoms with Crippen LogP contribution in [0.25, 0.3) is 0 Å². The number of hydrogen-bond acceptors (Lipinski definition) is 2. The number of thioether (sulfide) groups is 1. The predicted octanol–water partition coefficient (Wildman–Crippen LogP) is 4.34.